The fraction of sp³-hybridized carbons (Fsp3) is 0.211. The average Bonchev–Trinajstić information content (AvgIpc) is 2.61. The van der Waals surface area contributed by atoms with Crippen molar-refractivity contribution in [3.8, 4) is 5.75 Å². The van der Waals surface area contributed by atoms with E-state index in [2.05, 4.69) is 23.1 Å². The van der Waals surface area contributed by atoms with Crippen molar-refractivity contribution in [1.82, 2.24) is 9.97 Å². The quantitative estimate of drug-likeness (QED) is 0.551. The summed E-state index contributed by atoms with van der Waals surface area (Å²) >= 11 is 0. The lowest BCUT2D eigenvalue weighted by Crippen LogP contribution is -2.29. The molecular weight excluding hydrogens is 288 g/mol. The summed E-state index contributed by atoms with van der Waals surface area (Å²) in [5.41, 5.74) is 0.986. The molecule has 23 heavy (non-hydrogen) atoms. The summed E-state index contributed by atoms with van der Waals surface area (Å²) in [5, 5.41) is 0. The van der Waals surface area contributed by atoms with Crippen LogP contribution < -0.4 is 4.74 Å². The Labute approximate surface area is 136 Å². The molecule has 0 atom stereocenters. The molecule has 0 aliphatic carbocycles. The highest BCUT2D eigenvalue weighted by atomic mass is 16.5. The highest BCUT2D eigenvalue weighted by Gasteiger charge is 2.35. The Bertz CT molecular complexity index is 683. The van der Waals surface area contributed by atoms with Gasteiger partial charge < -0.3 is 4.74 Å². The number of carbonyl (C=O) groups is 1. The van der Waals surface area contributed by atoms with Crippen LogP contribution in [0.3, 0.4) is 0 Å². The van der Waals surface area contributed by atoms with Gasteiger partial charge in [-0.05, 0) is 30.5 Å². The number of hydrogen-bond donors (Lipinski definition) is 0. The van der Waals surface area contributed by atoms with E-state index in [1.807, 2.05) is 36.4 Å². The highest BCUT2D eigenvalue weighted by Crippen LogP contribution is 2.39. The third kappa shape index (κ3) is 3.37. The van der Waals surface area contributed by atoms with Gasteiger partial charge in [-0.25, -0.2) is 9.97 Å². The standard InChI is InChI=1S/C19H20N2O2/c1-4-9-19(10-5-2,16-7-6-8-17(11-16)23-3)18-20-12-15(14-22)13-21-18/h4-8,11-14H,1-2,9-10H2,3H3. The van der Waals surface area contributed by atoms with Crippen molar-refractivity contribution in [1.29, 1.82) is 0 Å². The molecule has 2 aromatic rings. The van der Waals surface area contributed by atoms with E-state index in [0.717, 1.165) is 17.6 Å². The predicted molar refractivity (Wildman–Crippen MR) is 90.8 cm³/mol. The molecule has 0 aliphatic rings. The molecule has 118 valence electrons. The van der Waals surface area contributed by atoms with Crippen LogP contribution in [0.2, 0.25) is 0 Å². The summed E-state index contributed by atoms with van der Waals surface area (Å²) in [5.74, 6) is 1.40. The monoisotopic (exact) mass is 308 g/mol. The van der Waals surface area contributed by atoms with Crippen molar-refractivity contribution >= 4 is 6.29 Å². The number of methoxy groups -OCH3 is 1. The van der Waals surface area contributed by atoms with Crippen molar-refractivity contribution in [2.75, 3.05) is 7.11 Å². The summed E-state index contributed by atoms with van der Waals surface area (Å²) in [6, 6.07) is 7.83. The molecule has 0 amide bonds. The number of aromatic nitrogens is 2. The van der Waals surface area contributed by atoms with E-state index in [0.29, 0.717) is 24.2 Å². The molecule has 1 aromatic heterocycles. The van der Waals surface area contributed by atoms with Gasteiger partial charge in [0, 0.05) is 12.4 Å². The molecule has 0 spiro atoms. The van der Waals surface area contributed by atoms with Crippen LogP contribution in [0, 0.1) is 0 Å². The first-order valence-corrected chi connectivity index (χ1v) is 7.34. The van der Waals surface area contributed by atoms with Gasteiger partial charge in [0.15, 0.2) is 6.29 Å². The molecule has 0 radical (unpaired) electrons. The molecule has 4 heteroatoms. The Morgan fingerprint density at radius 2 is 1.83 bits per heavy atom. The number of carbonyl (C=O) groups excluding carboxylic acids is 1. The van der Waals surface area contributed by atoms with Crippen LogP contribution in [0.1, 0.15) is 34.6 Å². The lowest BCUT2D eigenvalue weighted by atomic mass is 9.74. The smallest absolute Gasteiger partial charge is 0.153 e. The first-order valence-electron chi connectivity index (χ1n) is 7.34. The maximum Gasteiger partial charge on any atom is 0.153 e. The summed E-state index contributed by atoms with van der Waals surface area (Å²) in [6.07, 6.45) is 8.80. The second kappa shape index (κ2) is 7.49. The van der Waals surface area contributed by atoms with Gasteiger partial charge in [0.25, 0.3) is 0 Å². The van der Waals surface area contributed by atoms with Crippen LogP contribution in [0.4, 0.5) is 0 Å². The van der Waals surface area contributed by atoms with Crippen molar-refractivity contribution in [3.63, 3.8) is 0 Å². The Balaban J connectivity index is 2.63. The molecule has 1 aromatic carbocycles. The minimum atomic E-state index is -0.487. The molecular formula is C19H20N2O2. The third-order valence-corrected chi connectivity index (χ3v) is 3.84. The van der Waals surface area contributed by atoms with Crippen molar-refractivity contribution in [2.24, 2.45) is 0 Å². The number of aldehydes is 1. The van der Waals surface area contributed by atoms with E-state index < -0.39 is 5.41 Å². The maximum atomic E-state index is 10.8. The third-order valence-electron chi connectivity index (χ3n) is 3.84. The van der Waals surface area contributed by atoms with Gasteiger partial charge >= 0.3 is 0 Å². The molecule has 0 N–H and O–H groups in total. The Morgan fingerprint density at radius 3 is 2.35 bits per heavy atom. The molecule has 0 saturated carbocycles. The van der Waals surface area contributed by atoms with E-state index in [4.69, 9.17) is 4.74 Å². The summed E-state index contributed by atoms with van der Waals surface area (Å²) in [4.78, 5) is 19.7. The molecule has 0 fully saturated rings. The van der Waals surface area contributed by atoms with E-state index in [1.165, 1.54) is 12.4 Å². The van der Waals surface area contributed by atoms with Gasteiger partial charge in [-0.3, -0.25) is 4.79 Å². The number of benzene rings is 1. The van der Waals surface area contributed by atoms with E-state index in [1.54, 1.807) is 7.11 Å². The number of nitrogens with zero attached hydrogens (tertiary/aromatic N) is 2. The van der Waals surface area contributed by atoms with Crippen LogP contribution in [-0.2, 0) is 5.41 Å². The highest BCUT2D eigenvalue weighted by molar-refractivity contribution is 5.73. The first kappa shape index (κ1) is 16.6. The molecule has 2 rings (SSSR count). The Hall–Kier alpha value is -2.75. The molecule has 0 unspecified atom stereocenters. The minimum absolute atomic E-state index is 0.450. The second-order valence-electron chi connectivity index (χ2n) is 5.26. The van der Waals surface area contributed by atoms with Crippen molar-refractivity contribution in [3.05, 3.63) is 78.9 Å². The lowest BCUT2D eigenvalue weighted by Gasteiger charge is -2.31. The van der Waals surface area contributed by atoms with Gasteiger partial charge in [-0.1, -0.05) is 24.3 Å². The van der Waals surface area contributed by atoms with Crippen LogP contribution in [0.25, 0.3) is 0 Å². The first-order chi connectivity index (χ1) is 11.2. The van der Waals surface area contributed by atoms with Gasteiger partial charge in [0.2, 0.25) is 0 Å². The molecule has 1 heterocycles. The van der Waals surface area contributed by atoms with Crippen LogP contribution in [0.5, 0.6) is 5.75 Å². The zero-order chi connectivity index (χ0) is 16.7. The normalized spacial score (nSPS) is 10.8. The fourth-order valence-electron chi connectivity index (χ4n) is 2.69. The van der Waals surface area contributed by atoms with Crippen LogP contribution in [-0.4, -0.2) is 23.4 Å². The number of rotatable bonds is 8. The van der Waals surface area contributed by atoms with Gasteiger partial charge in [-0.15, -0.1) is 13.2 Å². The number of hydrogen-bond acceptors (Lipinski definition) is 4. The van der Waals surface area contributed by atoms with Crippen molar-refractivity contribution < 1.29 is 9.53 Å². The summed E-state index contributed by atoms with van der Waals surface area (Å²) < 4.78 is 5.34. The minimum Gasteiger partial charge on any atom is -0.497 e. The topological polar surface area (TPSA) is 52.1 Å². The molecule has 4 nitrogen and oxygen atoms in total. The van der Waals surface area contributed by atoms with Crippen LogP contribution in [0.15, 0.2) is 62.0 Å². The van der Waals surface area contributed by atoms with Gasteiger partial charge in [-0.2, -0.15) is 0 Å². The Morgan fingerprint density at radius 1 is 1.17 bits per heavy atom. The SMILES string of the molecule is C=CCC(CC=C)(c1cccc(OC)c1)c1ncc(C=O)cn1. The van der Waals surface area contributed by atoms with Crippen LogP contribution >= 0.6 is 0 Å². The fourth-order valence-corrected chi connectivity index (χ4v) is 2.69. The molecule has 0 bridgehead atoms. The van der Waals surface area contributed by atoms with Gasteiger partial charge in [0.05, 0.1) is 18.1 Å². The maximum absolute atomic E-state index is 10.8. The predicted octanol–water partition coefficient (Wildman–Crippen LogP) is 3.74. The zero-order valence-electron chi connectivity index (χ0n) is 13.2. The van der Waals surface area contributed by atoms with Crippen molar-refractivity contribution in [2.45, 2.75) is 18.3 Å². The number of ether oxygens (including phenoxy) is 1. The van der Waals surface area contributed by atoms with E-state index >= 15 is 0 Å². The lowest BCUT2D eigenvalue weighted by molar-refractivity contribution is 0.112. The largest absolute Gasteiger partial charge is 0.497 e. The molecule has 0 aliphatic heterocycles. The average molecular weight is 308 g/mol. The molecule has 0 saturated heterocycles. The number of allylic oxidation sites excluding steroid dienone is 2. The second-order valence-corrected chi connectivity index (χ2v) is 5.26. The van der Waals surface area contributed by atoms with E-state index in [9.17, 15) is 4.79 Å². The zero-order valence-corrected chi connectivity index (χ0v) is 13.2. The van der Waals surface area contributed by atoms with E-state index in [-0.39, 0.29) is 0 Å². The summed E-state index contributed by atoms with van der Waals surface area (Å²) in [6.45, 7) is 7.76. The summed E-state index contributed by atoms with van der Waals surface area (Å²) in [7, 11) is 1.64. The van der Waals surface area contributed by atoms with Gasteiger partial charge in [0.1, 0.15) is 11.6 Å². The Kier molecular flexibility index (Phi) is 5.41.